The molecular weight excluding hydrogens is 276 g/mol. The Balaban J connectivity index is 2.36. The van der Waals surface area contributed by atoms with Crippen molar-refractivity contribution in [2.45, 2.75) is 44.5 Å². The van der Waals surface area contributed by atoms with E-state index in [4.69, 9.17) is 0 Å². The summed E-state index contributed by atoms with van der Waals surface area (Å²) in [4.78, 5) is 23.8. The number of aliphatic hydroxyl groups is 3. The van der Waals surface area contributed by atoms with Gasteiger partial charge in [0.05, 0.1) is 31.3 Å². The van der Waals surface area contributed by atoms with E-state index in [1.165, 1.54) is 7.11 Å². The van der Waals surface area contributed by atoms with Crippen molar-refractivity contribution in [1.29, 1.82) is 0 Å². The minimum atomic E-state index is -1.26. The smallest absolute Gasteiger partial charge is 0.333 e. The molecule has 118 valence electrons. The summed E-state index contributed by atoms with van der Waals surface area (Å²) in [6, 6.07) is 0. The highest BCUT2D eigenvalue weighted by Gasteiger charge is 2.58. The molecule has 2 aliphatic carbocycles. The first-order valence-electron chi connectivity index (χ1n) is 7.08. The van der Waals surface area contributed by atoms with Crippen molar-refractivity contribution in [2.75, 3.05) is 7.11 Å². The maximum Gasteiger partial charge on any atom is 0.333 e. The predicted octanol–water partition coefficient (Wildman–Crippen LogP) is -0.196. The molecule has 3 N–H and O–H groups in total. The molecule has 0 unspecified atom stereocenters. The zero-order valence-corrected chi connectivity index (χ0v) is 12.3. The van der Waals surface area contributed by atoms with Gasteiger partial charge in [0.1, 0.15) is 5.78 Å². The van der Waals surface area contributed by atoms with Crippen LogP contribution in [-0.2, 0) is 14.3 Å². The Morgan fingerprint density at radius 3 is 2.57 bits per heavy atom. The largest absolute Gasteiger partial charge is 0.466 e. The summed E-state index contributed by atoms with van der Waals surface area (Å²) in [7, 11) is 1.19. The molecule has 2 rings (SSSR count). The number of hydrogen-bond acceptors (Lipinski definition) is 6. The number of Topliss-reactive ketones (excluding diaryl/α,β-unsaturated/α-hetero) is 1. The molecule has 21 heavy (non-hydrogen) atoms. The van der Waals surface area contributed by atoms with Crippen molar-refractivity contribution in [1.82, 2.24) is 0 Å². The zero-order chi connectivity index (χ0) is 15.9. The van der Waals surface area contributed by atoms with Crippen molar-refractivity contribution >= 4 is 11.8 Å². The topological polar surface area (TPSA) is 104 Å². The Morgan fingerprint density at radius 2 is 2.00 bits per heavy atom. The molecule has 6 nitrogen and oxygen atoms in total. The van der Waals surface area contributed by atoms with Crippen LogP contribution in [0.1, 0.15) is 26.2 Å². The fraction of sp³-hybridized carbons (Fsp3) is 0.733. The lowest BCUT2D eigenvalue weighted by Crippen LogP contribution is -2.61. The van der Waals surface area contributed by atoms with Crippen molar-refractivity contribution in [3.05, 3.63) is 12.2 Å². The summed E-state index contributed by atoms with van der Waals surface area (Å²) >= 11 is 0. The van der Waals surface area contributed by atoms with E-state index in [9.17, 15) is 24.9 Å². The molecule has 0 amide bonds. The van der Waals surface area contributed by atoms with Gasteiger partial charge in [0, 0.05) is 23.3 Å². The molecule has 2 saturated carbocycles. The van der Waals surface area contributed by atoms with Crippen LogP contribution >= 0.6 is 0 Å². The van der Waals surface area contributed by atoms with Gasteiger partial charge in [-0.05, 0) is 12.8 Å². The zero-order valence-electron chi connectivity index (χ0n) is 12.3. The van der Waals surface area contributed by atoms with Crippen LogP contribution in [0.4, 0.5) is 0 Å². The molecule has 0 aromatic carbocycles. The normalized spacial score (nSPS) is 43.1. The van der Waals surface area contributed by atoms with Crippen molar-refractivity contribution in [3.8, 4) is 0 Å². The molecule has 0 radical (unpaired) electrons. The molecule has 0 aromatic rings. The third-order valence-electron chi connectivity index (χ3n) is 5.11. The second-order valence-electron chi connectivity index (χ2n) is 6.31. The highest BCUT2D eigenvalue weighted by Crippen LogP contribution is 2.51. The first kappa shape index (κ1) is 16.1. The second-order valence-corrected chi connectivity index (χ2v) is 6.31. The van der Waals surface area contributed by atoms with Gasteiger partial charge in [-0.3, -0.25) is 4.79 Å². The monoisotopic (exact) mass is 298 g/mol. The number of aliphatic hydroxyl groups excluding tert-OH is 3. The van der Waals surface area contributed by atoms with E-state index < -0.39 is 41.5 Å². The number of methoxy groups -OCH3 is 1. The molecule has 0 aromatic heterocycles. The van der Waals surface area contributed by atoms with Gasteiger partial charge in [-0.25, -0.2) is 4.79 Å². The highest BCUT2D eigenvalue weighted by molar-refractivity contribution is 5.89. The number of ketones is 1. The molecule has 6 heteroatoms. The fourth-order valence-corrected chi connectivity index (χ4v) is 3.90. The highest BCUT2D eigenvalue weighted by atomic mass is 16.5. The molecular formula is C15H22O6. The van der Waals surface area contributed by atoms with Gasteiger partial charge < -0.3 is 20.1 Å². The quantitative estimate of drug-likeness (QED) is 0.482. The summed E-state index contributed by atoms with van der Waals surface area (Å²) in [5, 5.41) is 31.1. The van der Waals surface area contributed by atoms with Crippen LogP contribution in [0.15, 0.2) is 12.2 Å². The number of carbonyl (C=O) groups excluding carboxylic acids is 2. The van der Waals surface area contributed by atoms with Gasteiger partial charge >= 0.3 is 5.97 Å². The molecule has 6 atom stereocenters. The number of esters is 1. The molecule has 0 bridgehead atoms. The van der Waals surface area contributed by atoms with E-state index in [2.05, 4.69) is 11.3 Å². The lowest BCUT2D eigenvalue weighted by atomic mass is 9.54. The van der Waals surface area contributed by atoms with Crippen LogP contribution in [0.5, 0.6) is 0 Å². The number of fused-ring (bicyclic) bond motifs is 1. The van der Waals surface area contributed by atoms with Crippen LogP contribution in [0.25, 0.3) is 0 Å². The van der Waals surface area contributed by atoms with E-state index in [0.717, 1.165) is 0 Å². The Bertz CT molecular complexity index is 473. The van der Waals surface area contributed by atoms with Crippen LogP contribution < -0.4 is 0 Å². The number of rotatable bonds is 2. The Morgan fingerprint density at radius 1 is 1.38 bits per heavy atom. The van der Waals surface area contributed by atoms with Crippen LogP contribution in [-0.4, -0.2) is 52.5 Å². The van der Waals surface area contributed by atoms with E-state index >= 15 is 0 Å². The number of hydrogen-bond donors (Lipinski definition) is 3. The van der Waals surface area contributed by atoms with E-state index in [1.807, 2.05) is 0 Å². The van der Waals surface area contributed by atoms with E-state index in [0.29, 0.717) is 6.42 Å². The molecule has 0 heterocycles. The average Bonchev–Trinajstić information content (AvgIpc) is 2.41. The Kier molecular flexibility index (Phi) is 4.24. The molecule has 2 aliphatic rings. The Hall–Kier alpha value is -1.24. The van der Waals surface area contributed by atoms with Crippen LogP contribution in [0, 0.1) is 17.3 Å². The third kappa shape index (κ3) is 2.41. The first-order valence-corrected chi connectivity index (χ1v) is 7.08. The van der Waals surface area contributed by atoms with Gasteiger partial charge in [0.15, 0.2) is 0 Å². The second kappa shape index (κ2) is 5.51. The summed E-state index contributed by atoms with van der Waals surface area (Å²) in [5.41, 5.74) is -0.937. The molecule has 0 spiro atoms. The average molecular weight is 298 g/mol. The van der Waals surface area contributed by atoms with Crippen LogP contribution in [0.3, 0.4) is 0 Å². The van der Waals surface area contributed by atoms with Gasteiger partial charge in [-0.1, -0.05) is 13.5 Å². The number of ether oxygens (including phenoxy) is 1. The summed E-state index contributed by atoms with van der Waals surface area (Å²) < 4.78 is 4.58. The minimum Gasteiger partial charge on any atom is -0.466 e. The maximum atomic E-state index is 12.2. The van der Waals surface area contributed by atoms with Gasteiger partial charge in [0.25, 0.3) is 0 Å². The van der Waals surface area contributed by atoms with Crippen molar-refractivity contribution in [3.63, 3.8) is 0 Å². The standard InChI is InChI=1S/C15H22O6/c1-7(14(20)21-3)11-9(17)6-15(2)10(18)5-4-8(16)12(15)13(11)19/h9-13,17-19H,1,4-6H2,2-3H3/t9-,10-,11-,12+,13+,15-/m0/s1. The van der Waals surface area contributed by atoms with E-state index in [1.54, 1.807) is 6.92 Å². The van der Waals surface area contributed by atoms with Gasteiger partial charge in [-0.15, -0.1) is 0 Å². The summed E-state index contributed by atoms with van der Waals surface area (Å²) in [6.45, 7) is 5.28. The lowest BCUT2D eigenvalue weighted by Gasteiger charge is -2.53. The third-order valence-corrected chi connectivity index (χ3v) is 5.11. The number of carbonyl (C=O) groups is 2. The predicted molar refractivity (Wildman–Crippen MR) is 73.1 cm³/mol. The first-order chi connectivity index (χ1) is 9.74. The minimum absolute atomic E-state index is 0.0487. The van der Waals surface area contributed by atoms with Gasteiger partial charge in [0.2, 0.25) is 0 Å². The van der Waals surface area contributed by atoms with Crippen molar-refractivity contribution < 1.29 is 29.6 Å². The van der Waals surface area contributed by atoms with Crippen molar-refractivity contribution in [2.24, 2.45) is 17.3 Å². The van der Waals surface area contributed by atoms with E-state index in [-0.39, 0.29) is 24.2 Å². The Labute approximate surface area is 123 Å². The fourth-order valence-electron chi connectivity index (χ4n) is 3.90. The summed E-state index contributed by atoms with van der Waals surface area (Å²) in [6.07, 6.45) is -2.44. The molecule has 2 fully saturated rings. The maximum absolute atomic E-state index is 12.2. The van der Waals surface area contributed by atoms with Crippen LogP contribution in [0.2, 0.25) is 0 Å². The SMILES string of the molecule is C=C(C(=O)OC)[C@@H]1[C@@H](O)[C@H]2C(=O)CC[C@H](O)[C@]2(C)C[C@@H]1O. The van der Waals surface area contributed by atoms with Gasteiger partial charge in [-0.2, -0.15) is 0 Å². The summed E-state index contributed by atoms with van der Waals surface area (Å²) in [5.74, 6) is -2.63. The lowest BCUT2D eigenvalue weighted by molar-refractivity contribution is -0.178. The molecule has 0 aliphatic heterocycles. The molecule has 0 saturated heterocycles.